The van der Waals surface area contributed by atoms with Gasteiger partial charge in [-0.15, -0.1) is 0 Å². The van der Waals surface area contributed by atoms with Gasteiger partial charge in [0.1, 0.15) is 0 Å². The van der Waals surface area contributed by atoms with Crippen LogP contribution in [0.4, 0.5) is 18.9 Å². The van der Waals surface area contributed by atoms with Crippen LogP contribution in [-0.4, -0.2) is 21.6 Å². The Morgan fingerprint density at radius 3 is 2.38 bits per heavy atom. The third-order valence-corrected chi connectivity index (χ3v) is 5.20. The fourth-order valence-electron chi connectivity index (χ4n) is 3.72. The van der Waals surface area contributed by atoms with Crippen LogP contribution in [0.15, 0.2) is 66.9 Å². The zero-order chi connectivity index (χ0) is 24.9. The molecule has 34 heavy (non-hydrogen) atoms. The van der Waals surface area contributed by atoms with E-state index < -0.39 is 35.7 Å². The predicted octanol–water partition coefficient (Wildman–Crippen LogP) is 6.22. The van der Waals surface area contributed by atoms with E-state index in [1.807, 2.05) is 56.5 Å². The molecule has 0 unspecified atom stereocenters. The van der Waals surface area contributed by atoms with Gasteiger partial charge < -0.3 is 15.0 Å². The molecule has 0 fully saturated rings. The molecule has 1 heterocycles. The Labute approximate surface area is 195 Å². The lowest BCUT2D eigenvalue weighted by atomic mass is 10.0. The number of carbonyl (C=O) groups excluding carboxylic acids is 1. The van der Waals surface area contributed by atoms with Crippen LogP contribution in [0, 0.1) is 0 Å². The van der Waals surface area contributed by atoms with Gasteiger partial charge in [-0.2, -0.15) is 13.2 Å². The summed E-state index contributed by atoms with van der Waals surface area (Å²) in [6, 6.07) is 14.3. The van der Waals surface area contributed by atoms with Crippen LogP contribution in [0.1, 0.15) is 52.5 Å². The molecule has 0 aliphatic heterocycles. The van der Waals surface area contributed by atoms with Crippen molar-refractivity contribution in [3.63, 3.8) is 0 Å². The lowest BCUT2D eigenvalue weighted by Crippen LogP contribution is -2.18. The number of carboxylic acid groups (broad SMARTS) is 1. The van der Waals surface area contributed by atoms with Gasteiger partial charge in [-0.05, 0) is 41.7 Å². The van der Waals surface area contributed by atoms with Crippen molar-refractivity contribution >= 4 is 23.8 Å². The summed E-state index contributed by atoms with van der Waals surface area (Å²) in [7, 11) is 0. The highest BCUT2D eigenvalue weighted by Crippen LogP contribution is 2.36. The third kappa shape index (κ3) is 6.15. The number of carboxylic acids is 1. The molecule has 0 saturated carbocycles. The van der Waals surface area contributed by atoms with Gasteiger partial charge in [0, 0.05) is 18.1 Å². The minimum Gasteiger partial charge on any atom is -0.481 e. The minimum atomic E-state index is -4.71. The summed E-state index contributed by atoms with van der Waals surface area (Å²) in [5.74, 6) is -1.96. The first-order chi connectivity index (χ1) is 16.1. The predicted molar refractivity (Wildman–Crippen MR) is 125 cm³/mol. The largest absolute Gasteiger partial charge is 0.481 e. The van der Waals surface area contributed by atoms with Crippen molar-refractivity contribution in [2.24, 2.45) is 0 Å². The first-order valence-corrected chi connectivity index (χ1v) is 10.7. The number of alkyl halides is 3. The number of carbonyl (C=O) groups is 2. The van der Waals surface area contributed by atoms with Crippen molar-refractivity contribution in [1.29, 1.82) is 0 Å². The Kier molecular flexibility index (Phi) is 7.61. The minimum absolute atomic E-state index is 0.0856. The van der Waals surface area contributed by atoms with E-state index in [4.69, 9.17) is 5.11 Å². The van der Waals surface area contributed by atoms with Crippen LogP contribution < -0.4 is 5.32 Å². The Morgan fingerprint density at radius 1 is 1.06 bits per heavy atom. The number of anilines is 1. The molecule has 2 aromatic carbocycles. The zero-order valence-corrected chi connectivity index (χ0v) is 18.8. The van der Waals surface area contributed by atoms with Crippen molar-refractivity contribution in [3.8, 4) is 0 Å². The Balaban J connectivity index is 1.89. The van der Waals surface area contributed by atoms with Crippen molar-refractivity contribution in [3.05, 3.63) is 94.8 Å². The van der Waals surface area contributed by atoms with Crippen molar-refractivity contribution in [2.45, 2.75) is 38.8 Å². The number of aliphatic carboxylic acids is 1. The Morgan fingerprint density at radius 2 is 1.76 bits per heavy atom. The summed E-state index contributed by atoms with van der Waals surface area (Å²) >= 11 is 0. The van der Waals surface area contributed by atoms with Gasteiger partial charge in [0.25, 0.3) is 5.91 Å². The molecule has 0 aliphatic rings. The average Bonchev–Trinajstić information content (AvgIpc) is 3.18. The highest BCUT2D eigenvalue weighted by molar-refractivity contribution is 6.06. The first kappa shape index (κ1) is 24.8. The SMILES string of the molecule is CC(C)c1c(C(=O)Nc2cc(CC(=O)O)ccc2C(F)(F)F)ccn1/C=C/Cc1ccccc1. The number of rotatable bonds is 8. The van der Waals surface area contributed by atoms with Crippen LogP contribution in [0.25, 0.3) is 6.20 Å². The molecule has 3 aromatic rings. The standard InChI is InChI=1S/C26H25F3N2O3/c1-17(2)24-20(12-14-31(24)13-6-9-18-7-4-3-5-8-18)25(34)30-22-15-19(16-23(32)33)10-11-21(22)26(27,28)29/h3-8,10-15,17H,9,16H2,1-2H3,(H,30,34)(H,32,33)/b13-6+. The maximum absolute atomic E-state index is 13.5. The summed E-state index contributed by atoms with van der Waals surface area (Å²) in [5, 5.41) is 11.3. The van der Waals surface area contributed by atoms with Gasteiger partial charge >= 0.3 is 12.1 Å². The molecule has 1 amide bonds. The number of benzene rings is 2. The number of allylic oxidation sites excluding steroid dienone is 1. The summed E-state index contributed by atoms with van der Waals surface area (Å²) in [5.41, 5.74) is 0.659. The van der Waals surface area contributed by atoms with Crippen LogP contribution in [-0.2, 0) is 23.8 Å². The molecule has 5 nitrogen and oxygen atoms in total. The quantitative estimate of drug-likeness (QED) is 0.410. The summed E-state index contributed by atoms with van der Waals surface area (Å²) < 4.78 is 42.3. The maximum Gasteiger partial charge on any atom is 0.418 e. The molecule has 178 valence electrons. The first-order valence-electron chi connectivity index (χ1n) is 10.7. The van der Waals surface area contributed by atoms with E-state index in [0.29, 0.717) is 12.1 Å². The van der Waals surface area contributed by atoms with Crippen LogP contribution in [0.3, 0.4) is 0 Å². The smallest absolute Gasteiger partial charge is 0.418 e. The van der Waals surface area contributed by atoms with E-state index in [0.717, 1.165) is 23.8 Å². The van der Waals surface area contributed by atoms with Gasteiger partial charge in [0.05, 0.1) is 23.2 Å². The zero-order valence-electron chi connectivity index (χ0n) is 18.8. The maximum atomic E-state index is 13.5. The van der Waals surface area contributed by atoms with Crippen molar-refractivity contribution in [1.82, 2.24) is 4.57 Å². The van der Waals surface area contributed by atoms with Crippen LogP contribution >= 0.6 is 0 Å². The van der Waals surface area contributed by atoms with E-state index >= 15 is 0 Å². The number of hydrogen-bond acceptors (Lipinski definition) is 2. The Hall–Kier alpha value is -3.81. The van der Waals surface area contributed by atoms with E-state index in [9.17, 15) is 22.8 Å². The lowest BCUT2D eigenvalue weighted by Gasteiger charge is -2.16. The number of aromatic nitrogens is 1. The van der Waals surface area contributed by atoms with E-state index in [1.165, 1.54) is 0 Å². The second kappa shape index (κ2) is 10.4. The summed E-state index contributed by atoms with van der Waals surface area (Å²) in [6.45, 7) is 3.78. The van der Waals surface area contributed by atoms with E-state index in [1.54, 1.807) is 16.8 Å². The molecular weight excluding hydrogens is 445 g/mol. The van der Waals surface area contributed by atoms with Gasteiger partial charge in [0.2, 0.25) is 0 Å². The molecule has 0 radical (unpaired) electrons. The number of nitrogens with zero attached hydrogens (tertiary/aromatic N) is 1. The molecule has 3 rings (SSSR count). The van der Waals surface area contributed by atoms with Gasteiger partial charge in [-0.1, -0.05) is 56.3 Å². The molecule has 0 saturated heterocycles. The number of amides is 1. The molecule has 0 atom stereocenters. The van der Waals surface area contributed by atoms with Crippen molar-refractivity contribution < 1.29 is 27.9 Å². The summed E-state index contributed by atoms with van der Waals surface area (Å²) in [4.78, 5) is 24.0. The van der Waals surface area contributed by atoms with Crippen LogP contribution in [0.2, 0.25) is 0 Å². The lowest BCUT2D eigenvalue weighted by molar-refractivity contribution is -0.137. The molecule has 1 aromatic heterocycles. The van der Waals surface area contributed by atoms with Crippen molar-refractivity contribution in [2.75, 3.05) is 5.32 Å². The fourth-order valence-corrected chi connectivity index (χ4v) is 3.72. The normalized spacial score (nSPS) is 11.8. The Bertz CT molecular complexity index is 1200. The number of nitrogens with one attached hydrogen (secondary N) is 1. The second-order valence-electron chi connectivity index (χ2n) is 8.15. The average molecular weight is 470 g/mol. The van der Waals surface area contributed by atoms with Gasteiger partial charge in [-0.25, -0.2) is 0 Å². The molecule has 0 spiro atoms. The highest BCUT2D eigenvalue weighted by atomic mass is 19.4. The van der Waals surface area contributed by atoms with E-state index in [-0.39, 0.29) is 17.0 Å². The molecule has 0 bridgehead atoms. The molecule has 0 aliphatic carbocycles. The molecule has 8 heteroatoms. The topological polar surface area (TPSA) is 71.3 Å². The number of halogens is 3. The summed E-state index contributed by atoms with van der Waals surface area (Å²) in [6.07, 6.45) is 0.979. The van der Waals surface area contributed by atoms with Gasteiger partial charge in [-0.3, -0.25) is 9.59 Å². The van der Waals surface area contributed by atoms with E-state index in [2.05, 4.69) is 5.32 Å². The number of hydrogen-bond donors (Lipinski definition) is 2. The monoisotopic (exact) mass is 470 g/mol. The van der Waals surface area contributed by atoms with Gasteiger partial charge in [0.15, 0.2) is 0 Å². The van der Waals surface area contributed by atoms with Crippen LogP contribution in [0.5, 0.6) is 0 Å². The third-order valence-electron chi connectivity index (χ3n) is 5.20. The molecular formula is C26H25F3N2O3. The molecule has 2 N–H and O–H groups in total. The fraction of sp³-hybridized carbons (Fsp3) is 0.231. The highest BCUT2D eigenvalue weighted by Gasteiger charge is 2.34. The second-order valence-corrected chi connectivity index (χ2v) is 8.15.